The Morgan fingerprint density at radius 2 is 1.17 bits per heavy atom. The molecule has 23 heavy (non-hydrogen) atoms. The number of rotatable bonds is 2. The highest BCUT2D eigenvalue weighted by Crippen LogP contribution is 2.63. The first-order valence-electron chi connectivity index (χ1n) is 5.88. The van der Waals surface area contributed by atoms with E-state index in [4.69, 9.17) is 0 Å². The summed E-state index contributed by atoms with van der Waals surface area (Å²) in [5.41, 5.74) is -3.58. The van der Waals surface area contributed by atoms with Crippen LogP contribution in [0.15, 0.2) is 30.1 Å². The van der Waals surface area contributed by atoms with Crippen LogP contribution in [0.5, 0.6) is 5.75 Å². The first kappa shape index (κ1) is 17.5. The van der Waals surface area contributed by atoms with Crippen LogP contribution in [0.25, 0.3) is 5.57 Å². The van der Waals surface area contributed by atoms with Crippen molar-refractivity contribution < 1.29 is 44.3 Å². The Labute approximate surface area is 123 Å². The molecular weight excluding hydrogens is 343 g/mol. The summed E-state index contributed by atoms with van der Waals surface area (Å²) in [5, 5.41) is 0. The fourth-order valence-electron chi connectivity index (χ4n) is 2.05. The minimum absolute atomic E-state index is 0.0257. The summed E-state index contributed by atoms with van der Waals surface area (Å²) >= 11 is 0. The predicted molar refractivity (Wildman–Crippen MR) is 60.8 cm³/mol. The number of halogens is 9. The van der Waals surface area contributed by atoms with Crippen LogP contribution in [0.3, 0.4) is 0 Å². The molecule has 1 aliphatic carbocycles. The number of ether oxygens (including phenoxy) is 1. The molecule has 0 fully saturated rings. The van der Waals surface area contributed by atoms with Crippen LogP contribution < -0.4 is 4.74 Å². The second kappa shape index (κ2) is 4.81. The van der Waals surface area contributed by atoms with Gasteiger partial charge < -0.3 is 4.74 Å². The summed E-state index contributed by atoms with van der Waals surface area (Å²) in [6, 6.07) is 2.96. The van der Waals surface area contributed by atoms with Gasteiger partial charge in [-0.3, -0.25) is 0 Å². The molecule has 0 atom stereocenters. The maximum Gasteiger partial charge on any atom is 0.385 e. The molecule has 1 aromatic carbocycles. The Bertz CT molecular complexity index is 646. The highest BCUT2D eigenvalue weighted by atomic mass is 19.4. The molecule has 0 saturated carbocycles. The molecule has 10 heteroatoms. The molecule has 0 N–H and O–H groups in total. The first-order chi connectivity index (χ1) is 10.3. The molecule has 0 heterocycles. The van der Waals surface area contributed by atoms with Crippen molar-refractivity contribution in [1.29, 1.82) is 0 Å². The summed E-state index contributed by atoms with van der Waals surface area (Å²) in [7, 11) is 1.16. The lowest BCUT2D eigenvalue weighted by atomic mass is 9.82. The van der Waals surface area contributed by atoms with Crippen molar-refractivity contribution in [2.75, 3.05) is 7.11 Å². The van der Waals surface area contributed by atoms with E-state index >= 15 is 0 Å². The minimum Gasteiger partial charge on any atom is -0.497 e. The topological polar surface area (TPSA) is 9.23 Å². The van der Waals surface area contributed by atoms with Gasteiger partial charge in [0.15, 0.2) is 5.83 Å². The smallest absolute Gasteiger partial charge is 0.385 e. The summed E-state index contributed by atoms with van der Waals surface area (Å²) < 4.78 is 125. The summed E-state index contributed by atoms with van der Waals surface area (Å²) in [4.78, 5) is 0. The van der Waals surface area contributed by atoms with E-state index in [1.165, 1.54) is 0 Å². The Kier molecular flexibility index (Phi) is 3.66. The Balaban J connectivity index is 2.78. The normalized spacial score (nSPS) is 24.4. The van der Waals surface area contributed by atoms with Gasteiger partial charge in [0.05, 0.1) is 12.7 Å². The summed E-state index contributed by atoms with van der Waals surface area (Å²) in [6.07, 6.45) is 0. The van der Waals surface area contributed by atoms with Crippen LogP contribution in [-0.4, -0.2) is 30.8 Å². The van der Waals surface area contributed by atoms with Crippen molar-refractivity contribution in [2.45, 2.75) is 23.7 Å². The number of hydrogen-bond donors (Lipinski definition) is 0. The van der Waals surface area contributed by atoms with Gasteiger partial charge in [0.2, 0.25) is 0 Å². The van der Waals surface area contributed by atoms with Crippen LogP contribution >= 0.6 is 0 Å². The van der Waals surface area contributed by atoms with E-state index in [-0.39, 0.29) is 5.75 Å². The molecule has 1 nitrogen and oxygen atoms in total. The average molecular weight is 350 g/mol. The molecule has 0 spiro atoms. The number of hydrogen-bond acceptors (Lipinski definition) is 1. The van der Waals surface area contributed by atoms with E-state index in [2.05, 4.69) is 4.74 Å². The van der Waals surface area contributed by atoms with Crippen molar-refractivity contribution in [3.05, 3.63) is 35.7 Å². The predicted octanol–water partition coefficient (Wildman–Crippen LogP) is 4.93. The van der Waals surface area contributed by atoms with Gasteiger partial charge in [-0.15, -0.1) is 0 Å². The fourth-order valence-corrected chi connectivity index (χ4v) is 2.05. The zero-order valence-electron chi connectivity index (χ0n) is 11.1. The van der Waals surface area contributed by atoms with E-state index in [1.54, 1.807) is 0 Å². The van der Waals surface area contributed by atoms with Gasteiger partial charge in [0.1, 0.15) is 5.75 Å². The molecule has 0 radical (unpaired) electrons. The number of methoxy groups -OCH3 is 1. The van der Waals surface area contributed by atoms with Crippen LogP contribution in [0.1, 0.15) is 5.56 Å². The quantitative estimate of drug-likeness (QED) is 0.687. The van der Waals surface area contributed by atoms with Gasteiger partial charge >= 0.3 is 23.7 Å². The second-order valence-electron chi connectivity index (χ2n) is 4.72. The summed E-state index contributed by atoms with van der Waals surface area (Å²) in [6.45, 7) is 0. The lowest BCUT2D eigenvalue weighted by Gasteiger charge is -2.41. The molecule has 1 aromatic rings. The van der Waals surface area contributed by atoms with E-state index in [0.29, 0.717) is 12.1 Å². The second-order valence-corrected chi connectivity index (χ2v) is 4.72. The molecule has 2 rings (SSSR count). The molecule has 0 amide bonds. The van der Waals surface area contributed by atoms with E-state index in [9.17, 15) is 39.5 Å². The Morgan fingerprint density at radius 3 is 1.61 bits per heavy atom. The van der Waals surface area contributed by atoms with Gasteiger partial charge in [-0.05, 0) is 17.7 Å². The molecule has 0 unspecified atom stereocenters. The highest BCUT2D eigenvalue weighted by Gasteiger charge is 2.86. The van der Waals surface area contributed by atoms with Crippen molar-refractivity contribution in [1.82, 2.24) is 0 Å². The summed E-state index contributed by atoms with van der Waals surface area (Å²) in [5.74, 6) is -28.3. The van der Waals surface area contributed by atoms with Gasteiger partial charge in [-0.1, -0.05) is 12.1 Å². The maximum absolute atomic E-state index is 13.7. The van der Waals surface area contributed by atoms with Crippen LogP contribution in [0.2, 0.25) is 0 Å². The molecule has 0 saturated heterocycles. The number of alkyl halides is 8. The van der Waals surface area contributed by atoms with Crippen molar-refractivity contribution >= 4 is 5.57 Å². The third kappa shape index (κ3) is 2.03. The molecule has 0 aliphatic heterocycles. The monoisotopic (exact) mass is 350 g/mol. The first-order valence-corrected chi connectivity index (χ1v) is 5.88. The van der Waals surface area contributed by atoms with E-state index < -0.39 is 40.7 Å². The number of allylic oxidation sites excluding steroid dienone is 2. The fraction of sp³-hybridized carbons (Fsp3) is 0.385. The zero-order chi connectivity index (χ0) is 17.8. The third-order valence-corrected chi connectivity index (χ3v) is 3.37. The van der Waals surface area contributed by atoms with Crippen molar-refractivity contribution in [3.63, 3.8) is 0 Å². The van der Waals surface area contributed by atoms with Gasteiger partial charge in [-0.2, -0.15) is 35.1 Å². The van der Waals surface area contributed by atoms with Crippen molar-refractivity contribution in [2.24, 2.45) is 0 Å². The van der Waals surface area contributed by atoms with Crippen LogP contribution in [0.4, 0.5) is 39.5 Å². The lowest BCUT2D eigenvalue weighted by Crippen LogP contribution is -2.66. The largest absolute Gasteiger partial charge is 0.497 e. The highest BCUT2D eigenvalue weighted by molar-refractivity contribution is 5.77. The minimum atomic E-state index is -6.59. The van der Waals surface area contributed by atoms with E-state index in [1.807, 2.05) is 0 Å². The third-order valence-electron chi connectivity index (χ3n) is 3.37. The van der Waals surface area contributed by atoms with Gasteiger partial charge in [0.25, 0.3) is 0 Å². The lowest BCUT2D eigenvalue weighted by molar-refractivity contribution is -0.355. The molecule has 128 valence electrons. The number of benzene rings is 1. The molecular formula is C13H7F9O. The Hall–Kier alpha value is -1.87. The molecule has 0 bridgehead atoms. The SMILES string of the molecule is COc1ccc(C2=C(F)C(F)(F)C(F)(F)C(F)(F)C2(F)F)cc1. The van der Waals surface area contributed by atoms with Crippen LogP contribution in [0, 0.1) is 0 Å². The molecule has 0 aromatic heterocycles. The zero-order valence-corrected chi connectivity index (χ0v) is 11.1. The standard InChI is InChI=1S/C13H7F9O/c1-23-7-4-2-6(3-5-7)8-9(14)11(17,18)13(21,22)12(19,20)10(8,15)16/h2-5H,1H3. The Morgan fingerprint density at radius 1 is 0.739 bits per heavy atom. The van der Waals surface area contributed by atoms with Gasteiger partial charge in [-0.25, -0.2) is 4.39 Å². The maximum atomic E-state index is 13.7. The van der Waals surface area contributed by atoms with Crippen LogP contribution in [-0.2, 0) is 0 Å². The van der Waals surface area contributed by atoms with Gasteiger partial charge in [0, 0.05) is 0 Å². The average Bonchev–Trinajstić information content (AvgIpc) is 2.46. The van der Waals surface area contributed by atoms with Crippen molar-refractivity contribution in [3.8, 4) is 5.75 Å². The van der Waals surface area contributed by atoms with E-state index in [0.717, 1.165) is 19.2 Å². The molecule has 1 aliphatic rings.